The Bertz CT molecular complexity index is 864. The van der Waals surface area contributed by atoms with E-state index in [1.165, 1.54) is 18.4 Å². The maximum absolute atomic E-state index is 12.5. The molecule has 0 spiro atoms. The molecule has 1 atom stereocenters. The first-order chi connectivity index (χ1) is 12.3. The van der Waals surface area contributed by atoms with Gasteiger partial charge in [-0.15, -0.1) is 0 Å². The molecule has 3 rings (SSSR count). The Morgan fingerprint density at radius 1 is 1.35 bits per heavy atom. The molecule has 1 fully saturated rings. The van der Waals surface area contributed by atoms with E-state index in [1.54, 1.807) is 4.90 Å². The lowest BCUT2D eigenvalue weighted by molar-refractivity contribution is -0.131. The van der Waals surface area contributed by atoms with Crippen molar-refractivity contribution in [3.63, 3.8) is 0 Å². The van der Waals surface area contributed by atoms with E-state index >= 15 is 0 Å². The summed E-state index contributed by atoms with van der Waals surface area (Å²) < 4.78 is 27.3. The van der Waals surface area contributed by atoms with Crippen LogP contribution < -0.4 is 5.56 Å². The highest BCUT2D eigenvalue weighted by molar-refractivity contribution is 7.86. The van der Waals surface area contributed by atoms with E-state index in [9.17, 15) is 18.0 Å². The average Bonchev–Trinajstić information content (AvgIpc) is 3.10. The summed E-state index contributed by atoms with van der Waals surface area (Å²) in [6, 6.07) is -0.249. The molecule has 144 valence electrons. The molecule has 0 unspecified atom stereocenters. The molecule has 26 heavy (non-hydrogen) atoms. The number of carbonyl (C=O) groups excluding carboxylic acids is 1. The zero-order valence-corrected chi connectivity index (χ0v) is 16.2. The first-order valence-corrected chi connectivity index (χ1v) is 10.2. The summed E-state index contributed by atoms with van der Waals surface area (Å²) >= 11 is 0. The summed E-state index contributed by atoms with van der Waals surface area (Å²) in [6.45, 7) is 2.78. The molecular formula is C16H25N5O4S. The number of nitrogens with one attached hydrogen (secondary N) is 1. The van der Waals surface area contributed by atoms with Gasteiger partial charge < -0.3 is 9.88 Å². The van der Waals surface area contributed by atoms with Gasteiger partial charge >= 0.3 is 0 Å². The van der Waals surface area contributed by atoms with Gasteiger partial charge in [-0.25, -0.2) is 4.98 Å². The van der Waals surface area contributed by atoms with E-state index in [2.05, 4.69) is 9.97 Å². The van der Waals surface area contributed by atoms with Crippen LogP contribution in [0.25, 0.3) is 0 Å². The Morgan fingerprint density at radius 3 is 2.73 bits per heavy atom. The van der Waals surface area contributed by atoms with Gasteiger partial charge in [0.25, 0.3) is 15.8 Å². The van der Waals surface area contributed by atoms with Gasteiger partial charge in [-0.1, -0.05) is 6.92 Å². The molecule has 3 heterocycles. The van der Waals surface area contributed by atoms with Crippen LogP contribution >= 0.6 is 0 Å². The van der Waals surface area contributed by atoms with Gasteiger partial charge in [-0.2, -0.15) is 17.0 Å². The third kappa shape index (κ3) is 3.28. The van der Waals surface area contributed by atoms with Gasteiger partial charge in [-0.05, 0) is 19.3 Å². The molecule has 0 aromatic carbocycles. The van der Waals surface area contributed by atoms with Gasteiger partial charge in [0, 0.05) is 39.2 Å². The predicted octanol–water partition coefficient (Wildman–Crippen LogP) is 0.00790. The van der Waals surface area contributed by atoms with Gasteiger partial charge in [0.1, 0.15) is 5.82 Å². The fourth-order valence-electron chi connectivity index (χ4n) is 3.57. The SMILES string of the molecule is CCC(=O)N1CCC[C@@H]1c1nc2c(c(=O)[nH]1)CCN(S(=O)(=O)N(C)C)C2. The van der Waals surface area contributed by atoms with Crippen molar-refractivity contribution in [2.75, 3.05) is 27.2 Å². The van der Waals surface area contributed by atoms with Crippen LogP contribution in [0.3, 0.4) is 0 Å². The number of likely N-dealkylation sites (tertiary alicyclic amines) is 1. The molecule has 1 aromatic heterocycles. The minimum Gasteiger partial charge on any atom is -0.333 e. The van der Waals surface area contributed by atoms with Crippen molar-refractivity contribution in [3.05, 3.63) is 27.4 Å². The van der Waals surface area contributed by atoms with Crippen molar-refractivity contribution in [2.24, 2.45) is 0 Å². The summed E-state index contributed by atoms with van der Waals surface area (Å²) in [5.74, 6) is 0.488. The highest BCUT2D eigenvalue weighted by Gasteiger charge is 2.34. The minimum atomic E-state index is -3.57. The Kier molecular flexibility index (Phi) is 5.18. The number of H-pyrrole nitrogens is 1. The number of nitrogens with zero attached hydrogens (tertiary/aromatic N) is 4. The monoisotopic (exact) mass is 383 g/mol. The van der Waals surface area contributed by atoms with Crippen molar-refractivity contribution < 1.29 is 13.2 Å². The molecule has 1 N–H and O–H groups in total. The number of aromatic nitrogens is 2. The molecule has 2 aliphatic rings. The maximum Gasteiger partial charge on any atom is 0.281 e. The van der Waals surface area contributed by atoms with Crippen LogP contribution in [0.1, 0.15) is 49.3 Å². The van der Waals surface area contributed by atoms with E-state index < -0.39 is 10.2 Å². The number of fused-ring (bicyclic) bond motifs is 1. The largest absolute Gasteiger partial charge is 0.333 e. The molecule has 0 saturated carbocycles. The predicted molar refractivity (Wildman–Crippen MR) is 95.6 cm³/mol. The number of hydrogen-bond acceptors (Lipinski definition) is 5. The lowest BCUT2D eigenvalue weighted by Gasteiger charge is -2.30. The van der Waals surface area contributed by atoms with Crippen LogP contribution in [0.15, 0.2) is 4.79 Å². The second kappa shape index (κ2) is 7.09. The number of aromatic amines is 1. The summed E-state index contributed by atoms with van der Waals surface area (Å²) in [4.78, 5) is 33.8. The van der Waals surface area contributed by atoms with Crippen molar-refractivity contribution in [2.45, 2.75) is 45.2 Å². The summed E-state index contributed by atoms with van der Waals surface area (Å²) in [6.07, 6.45) is 2.33. The van der Waals surface area contributed by atoms with Crippen molar-refractivity contribution in [1.29, 1.82) is 0 Å². The molecule has 1 aromatic rings. The van der Waals surface area contributed by atoms with Gasteiger partial charge in [0.2, 0.25) is 5.91 Å². The third-order valence-electron chi connectivity index (χ3n) is 5.04. The zero-order chi connectivity index (χ0) is 19.1. The molecule has 1 saturated heterocycles. The topological polar surface area (TPSA) is 107 Å². The molecule has 2 aliphatic heterocycles. The average molecular weight is 383 g/mol. The quantitative estimate of drug-likeness (QED) is 0.788. The maximum atomic E-state index is 12.5. The number of carbonyl (C=O) groups is 1. The van der Waals surface area contributed by atoms with E-state index in [0.717, 1.165) is 17.1 Å². The first-order valence-electron chi connectivity index (χ1n) is 8.84. The summed E-state index contributed by atoms with van der Waals surface area (Å²) in [7, 11) is -0.605. The Morgan fingerprint density at radius 2 is 2.08 bits per heavy atom. The smallest absolute Gasteiger partial charge is 0.281 e. The standard InChI is InChI=1S/C16H25N5O4S/c1-4-14(22)21-8-5-6-13(21)15-17-12-10-20(26(24,25)19(2)3)9-7-11(12)16(23)18-15/h13H,4-10H2,1-3H3,(H,17,18,23)/t13-/m1/s1. The molecule has 10 heteroatoms. The fraction of sp³-hybridized carbons (Fsp3) is 0.688. The van der Waals surface area contributed by atoms with E-state index in [1.807, 2.05) is 6.92 Å². The van der Waals surface area contributed by atoms with Crippen LogP contribution in [0.5, 0.6) is 0 Å². The molecule has 0 radical (unpaired) electrons. The molecule has 0 bridgehead atoms. The second-order valence-electron chi connectivity index (χ2n) is 6.85. The lowest BCUT2D eigenvalue weighted by atomic mass is 10.1. The van der Waals surface area contributed by atoms with Gasteiger partial charge in [0.15, 0.2) is 0 Å². The molecule has 0 aliphatic carbocycles. The third-order valence-corrected chi connectivity index (χ3v) is 6.92. The Hall–Kier alpha value is -1.78. The second-order valence-corrected chi connectivity index (χ2v) is 8.99. The number of amides is 1. The summed E-state index contributed by atoms with van der Waals surface area (Å²) in [5, 5.41) is 0. The minimum absolute atomic E-state index is 0.0321. The van der Waals surface area contributed by atoms with Crippen molar-refractivity contribution >= 4 is 16.1 Å². The van der Waals surface area contributed by atoms with Crippen LogP contribution in [0.2, 0.25) is 0 Å². The molecule has 9 nitrogen and oxygen atoms in total. The van der Waals surface area contributed by atoms with E-state index in [-0.39, 0.29) is 30.6 Å². The number of rotatable bonds is 4. The van der Waals surface area contributed by atoms with Crippen LogP contribution in [0.4, 0.5) is 0 Å². The number of hydrogen-bond donors (Lipinski definition) is 1. The van der Waals surface area contributed by atoms with Crippen LogP contribution in [-0.4, -0.2) is 65.0 Å². The highest BCUT2D eigenvalue weighted by atomic mass is 32.2. The zero-order valence-electron chi connectivity index (χ0n) is 15.4. The Balaban J connectivity index is 1.95. The van der Waals surface area contributed by atoms with Crippen molar-refractivity contribution in [3.8, 4) is 0 Å². The molecular weight excluding hydrogens is 358 g/mol. The van der Waals surface area contributed by atoms with Crippen LogP contribution in [0, 0.1) is 0 Å². The van der Waals surface area contributed by atoms with E-state index in [4.69, 9.17) is 0 Å². The van der Waals surface area contributed by atoms with E-state index in [0.29, 0.717) is 36.5 Å². The molecule has 1 amide bonds. The first kappa shape index (κ1) is 19.0. The van der Waals surface area contributed by atoms with Crippen LogP contribution in [-0.2, 0) is 28.0 Å². The van der Waals surface area contributed by atoms with Gasteiger partial charge in [-0.3, -0.25) is 9.59 Å². The normalized spacial score (nSPS) is 21.2. The Labute approximate surface area is 153 Å². The summed E-state index contributed by atoms with van der Waals surface area (Å²) in [5.41, 5.74) is 0.782. The van der Waals surface area contributed by atoms with Crippen molar-refractivity contribution in [1.82, 2.24) is 23.5 Å². The fourth-order valence-corrected chi connectivity index (χ4v) is 4.64. The lowest BCUT2D eigenvalue weighted by Crippen LogP contribution is -2.44. The highest BCUT2D eigenvalue weighted by Crippen LogP contribution is 2.30. The van der Waals surface area contributed by atoms with Gasteiger partial charge in [0.05, 0.1) is 18.3 Å².